The summed E-state index contributed by atoms with van der Waals surface area (Å²) < 4.78 is 0. The van der Waals surface area contributed by atoms with Crippen molar-refractivity contribution in [2.45, 2.75) is 13.3 Å². The van der Waals surface area contributed by atoms with Gasteiger partial charge in [0.15, 0.2) is 0 Å². The van der Waals surface area contributed by atoms with Gasteiger partial charge in [-0.15, -0.1) is 0 Å². The molecule has 76 valence electrons. The predicted molar refractivity (Wildman–Crippen MR) is 55.1 cm³/mol. The number of nitrogens with one attached hydrogen (secondary N) is 1. The fourth-order valence-corrected chi connectivity index (χ4v) is 1.03. The molecule has 0 aromatic heterocycles. The standard InChI is InChI=1S/C10H14N2O2/c1-2-5-12-10(14)7-3-4-8(11)9(13)6-7/h3-4,6,13H,2,5,11H2,1H3,(H,12,14). The van der Waals surface area contributed by atoms with Crippen molar-refractivity contribution in [2.75, 3.05) is 12.3 Å². The Labute approximate surface area is 82.7 Å². The van der Waals surface area contributed by atoms with Crippen LogP contribution < -0.4 is 11.1 Å². The molecule has 1 rings (SSSR count). The highest BCUT2D eigenvalue weighted by atomic mass is 16.3. The van der Waals surface area contributed by atoms with E-state index in [1.165, 1.54) is 12.1 Å². The molecule has 1 aromatic carbocycles. The van der Waals surface area contributed by atoms with Crippen molar-refractivity contribution in [1.29, 1.82) is 0 Å². The molecular weight excluding hydrogens is 180 g/mol. The minimum Gasteiger partial charge on any atom is -0.506 e. The van der Waals surface area contributed by atoms with Crippen LogP contribution in [-0.2, 0) is 0 Å². The molecule has 0 heterocycles. The molecule has 0 aliphatic carbocycles. The molecule has 0 unspecified atom stereocenters. The number of phenols is 1. The fourth-order valence-electron chi connectivity index (χ4n) is 1.03. The summed E-state index contributed by atoms with van der Waals surface area (Å²) in [6, 6.07) is 4.45. The van der Waals surface area contributed by atoms with Crippen LogP contribution in [0.3, 0.4) is 0 Å². The average molecular weight is 194 g/mol. The van der Waals surface area contributed by atoms with Gasteiger partial charge in [0.25, 0.3) is 5.91 Å². The molecule has 1 amide bonds. The van der Waals surface area contributed by atoms with Gasteiger partial charge in [0, 0.05) is 12.1 Å². The van der Waals surface area contributed by atoms with Crippen LogP contribution in [0.4, 0.5) is 5.69 Å². The van der Waals surface area contributed by atoms with Crippen LogP contribution in [0.5, 0.6) is 5.75 Å². The van der Waals surface area contributed by atoms with E-state index in [4.69, 9.17) is 5.73 Å². The van der Waals surface area contributed by atoms with Crippen LogP contribution in [0.1, 0.15) is 23.7 Å². The van der Waals surface area contributed by atoms with Gasteiger partial charge in [-0.05, 0) is 24.6 Å². The zero-order valence-electron chi connectivity index (χ0n) is 8.08. The quantitative estimate of drug-likeness (QED) is 0.498. The van der Waals surface area contributed by atoms with Gasteiger partial charge in [0.1, 0.15) is 5.75 Å². The van der Waals surface area contributed by atoms with Gasteiger partial charge >= 0.3 is 0 Å². The van der Waals surface area contributed by atoms with Gasteiger partial charge < -0.3 is 16.2 Å². The summed E-state index contributed by atoms with van der Waals surface area (Å²) in [5.41, 5.74) is 6.10. The zero-order chi connectivity index (χ0) is 10.6. The Balaban J connectivity index is 2.76. The predicted octanol–water partition coefficient (Wildman–Crippen LogP) is 1.11. The van der Waals surface area contributed by atoms with Crippen LogP contribution in [0.25, 0.3) is 0 Å². The minimum absolute atomic E-state index is 0.0610. The number of hydrogen-bond donors (Lipinski definition) is 3. The van der Waals surface area contributed by atoms with Gasteiger partial charge in [-0.3, -0.25) is 4.79 Å². The second kappa shape index (κ2) is 4.50. The Morgan fingerprint density at radius 2 is 2.29 bits per heavy atom. The molecule has 0 atom stereocenters. The van der Waals surface area contributed by atoms with Gasteiger partial charge in [-0.2, -0.15) is 0 Å². The molecular formula is C10H14N2O2. The molecule has 0 saturated heterocycles. The largest absolute Gasteiger partial charge is 0.506 e. The van der Waals surface area contributed by atoms with Crippen LogP contribution in [0.2, 0.25) is 0 Å². The third-order valence-corrected chi connectivity index (χ3v) is 1.83. The minimum atomic E-state index is -0.192. The average Bonchev–Trinajstić information content (AvgIpc) is 2.18. The van der Waals surface area contributed by atoms with E-state index in [0.717, 1.165) is 6.42 Å². The number of nitrogens with two attached hydrogens (primary N) is 1. The lowest BCUT2D eigenvalue weighted by Gasteiger charge is -2.04. The number of anilines is 1. The van der Waals surface area contributed by atoms with Gasteiger partial charge in [0.05, 0.1) is 5.69 Å². The molecule has 4 N–H and O–H groups in total. The summed E-state index contributed by atoms with van der Waals surface area (Å²) in [5, 5.41) is 12.0. The van der Waals surface area contributed by atoms with E-state index in [0.29, 0.717) is 12.1 Å². The lowest BCUT2D eigenvalue weighted by atomic mass is 10.2. The first kappa shape index (κ1) is 10.4. The number of hydrogen-bond acceptors (Lipinski definition) is 3. The van der Waals surface area contributed by atoms with E-state index < -0.39 is 0 Å². The first-order chi connectivity index (χ1) is 6.65. The number of amides is 1. The Hall–Kier alpha value is -1.71. The monoisotopic (exact) mass is 194 g/mol. The smallest absolute Gasteiger partial charge is 0.251 e. The van der Waals surface area contributed by atoms with E-state index >= 15 is 0 Å². The summed E-state index contributed by atoms with van der Waals surface area (Å²) in [5.74, 6) is -0.253. The van der Waals surface area contributed by atoms with Gasteiger partial charge in [-0.25, -0.2) is 0 Å². The number of carbonyl (C=O) groups is 1. The van der Waals surface area contributed by atoms with Crippen molar-refractivity contribution in [2.24, 2.45) is 0 Å². The van der Waals surface area contributed by atoms with Crippen LogP contribution in [0.15, 0.2) is 18.2 Å². The zero-order valence-corrected chi connectivity index (χ0v) is 8.08. The van der Waals surface area contributed by atoms with E-state index in [1.807, 2.05) is 6.92 Å². The molecule has 0 fully saturated rings. The van der Waals surface area contributed by atoms with Crippen LogP contribution in [0, 0.1) is 0 Å². The van der Waals surface area contributed by atoms with Crippen molar-refractivity contribution in [3.63, 3.8) is 0 Å². The Kier molecular flexibility index (Phi) is 3.34. The van der Waals surface area contributed by atoms with Crippen LogP contribution >= 0.6 is 0 Å². The van der Waals surface area contributed by atoms with Gasteiger partial charge in [0.2, 0.25) is 0 Å². The molecule has 1 aromatic rings. The normalized spacial score (nSPS) is 9.79. The Morgan fingerprint density at radius 1 is 1.57 bits per heavy atom. The summed E-state index contributed by atoms with van der Waals surface area (Å²) in [6.45, 7) is 2.60. The maximum absolute atomic E-state index is 11.4. The molecule has 0 aliphatic rings. The lowest BCUT2D eigenvalue weighted by Crippen LogP contribution is -2.23. The number of phenolic OH excluding ortho intramolecular Hbond substituents is 1. The molecule has 4 nitrogen and oxygen atoms in total. The van der Waals surface area contributed by atoms with E-state index in [-0.39, 0.29) is 17.3 Å². The maximum atomic E-state index is 11.4. The molecule has 4 heteroatoms. The van der Waals surface area contributed by atoms with Crippen molar-refractivity contribution in [3.8, 4) is 5.75 Å². The summed E-state index contributed by atoms with van der Waals surface area (Å²) in [4.78, 5) is 11.4. The van der Waals surface area contributed by atoms with E-state index in [9.17, 15) is 9.90 Å². The number of nitrogen functional groups attached to an aromatic ring is 1. The maximum Gasteiger partial charge on any atom is 0.251 e. The summed E-state index contributed by atoms with van der Waals surface area (Å²) in [7, 11) is 0. The molecule has 14 heavy (non-hydrogen) atoms. The molecule has 0 saturated carbocycles. The van der Waals surface area contributed by atoms with Crippen molar-refractivity contribution in [1.82, 2.24) is 5.32 Å². The van der Waals surface area contributed by atoms with Gasteiger partial charge in [-0.1, -0.05) is 6.92 Å². The first-order valence-corrected chi connectivity index (χ1v) is 4.52. The second-order valence-electron chi connectivity index (χ2n) is 3.03. The van der Waals surface area contributed by atoms with Crippen molar-refractivity contribution in [3.05, 3.63) is 23.8 Å². The summed E-state index contributed by atoms with van der Waals surface area (Å²) >= 11 is 0. The fraction of sp³-hybridized carbons (Fsp3) is 0.300. The first-order valence-electron chi connectivity index (χ1n) is 4.52. The van der Waals surface area contributed by atoms with E-state index in [1.54, 1.807) is 6.07 Å². The number of benzene rings is 1. The SMILES string of the molecule is CCCNC(=O)c1ccc(N)c(O)c1. The van der Waals surface area contributed by atoms with Crippen molar-refractivity contribution >= 4 is 11.6 Å². The Bertz CT molecular complexity index is 337. The lowest BCUT2D eigenvalue weighted by molar-refractivity contribution is 0.0953. The highest BCUT2D eigenvalue weighted by Gasteiger charge is 2.06. The van der Waals surface area contributed by atoms with Crippen molar-refractivity contribution < 1.29 is 9.90 Å². The third kappa shape index (κ3) is 2.39. The Morgan fingerprint density at radius 3 is 2.86 bits per heavy atom. The molecule has 0 spiro atoms. The highest BCUT2D eigenvalue weighted by Crippen LogP contribution is 2.20. The van der Waals surface area contributed by atoms with Crippen LogP contribution in [-0.4, -0.2) is 17.6 Å². The number of aromatic hydroxyl groups is 1. The number of carbonyl (C=O) groups excluding carboxylic acids is 1. The van der Waals surface area contributed by atoms with E-state index in [2.05, 4.69) is 5.32 Å². The molecule has 0 aliphatic heterocycles. The third-order valence-electron chi connectivity index (χ3n) is 1.83. The molecule has 0 radical (unpaired) electrons. The molecule has 0 bridgehead atoms. The highest BCUT2D eigenvalue weighted by molar-refractivity contribution is 5.95. The second-order valence-corrected chi connectivity index (χ2v) is 3.03. The number of rotatable bonds is 3. The summed E-state index contributed by atoms with van der Waals surface area (Å²) in [6.07, 6.45) is 0.882. The topological polar surface area (TPSA) is 75.4 Å².